The largest absolute Gasteiger partial charge is 0.416 e. The maximum absolute atomic E-state index is 13.1. The third-order valence-corrected chi connectivity index (χ3v) is 3.25. The van der Waals surface area contributed by atoms with Crippen molar-refractivity contribution in [1.82, 2.24) is 15.0 Å². The fourth-order valence-corrected chi connectivity index (χ4v) is 2.22. The molecule has 0 spiro atoms. The van der Waals surface area contributed by atoms with Gasteiger partial charge >= 0.3 is 6.18 Å². The number of para-hydroxylation sites is 1. The number of halogens is 3. The highest BCUT2D eigenvalue weighted by Crippen LogP contribution is 2.33. The van der Waals surface area contributed by atoms with Crippen LogP contribution in [0.2, 0.25) is 0 Å². The molecule has 0 unspecified atom stereocenters. The second-order valence-electron chi connectivity index (χ2n) is 4.72. The Labute approximate surface area is 129 Å². The number of nitrogens with zero attached hydrogens (tertiary/aromatic N) is 4. The number of hydrogen-bond donors (Lipinski definition) is 0. The molecule has 1 heterocycles. The molecule has 4 nitrogen and oxygen atoms in total. The molecule has 114 valence electrons. The maximum atomic E-state index is 13.1. The topological polar surface area (TPSA) is 54.5 Å². The SMILES string of the molecule is N#C/C(=C\c1ccccc1C(F)(F)F)n1nnc2ccccc21. The van der Waals surface area contributed by atoms with E-state index in [1.54, 1.807) is 24.3 Å². The number of allylic oxidation sites excluding steroid dienone is 1. The molecular formula is C16H9F3N4. The number of rotatable bonds is 2. The highest BCUT2D eigenvalue weighted by Gasteiger charge is 2.32. The van der Waals surface area contributed by atoms with E-state index in [1.807, 2.05) is 6.07 Å². The van der Waals surface area contributed by atoms with Crippen LogP contribution in [0.15, 0.2) is 48.5 Å². The summed E-state index contributed by atoms with van der Waals surface area (Å²) in [5.74, 6) is 0. The van der Waals surface area contributed by atoms with E-state index in [0.29, 0.717) is 11.0 Å². The lowest BCUT2D eigenvalue weighted by Gasteiger charge is -2.10. The quantitative estimate of drug-likeness (QED) is 0.672. The standard InChI is InChI=1S/C16H9F3N4/c17-16(18,19)13-6-2-1-5-11(13)9-12(10-20)23-15-8-4-3-7-14(15)21-22-23/h1-9H/b12-9+. The first kappa shape index (κ1) is 14.8. The molecule has 0 saturated carbocycles. The molecule has 1 aromatic heterocycles. The van der Waals surface area contributed by atoms with E-state index in [4.69, 9.17) is 0 Å². The number of aromatic nitrogens is 3. The average molecular weight is 314 g/mol. The zero-order chi connectivity index (χ0) is 16.4. The molecule has 2 aromatic carbocycles. The predicted octanol–water partition coefficient (Wildman–Crippen LogP) is 3.97. The van der Waals surface area contributed by atoms with E-state index in [0.717, 1.165) is 12.1 Å². The first-order valence-corrected chi connectivity index (χ1v) is 6.59. The van der Waals surface area contributed by atoms with Crippen molar-refractivity contribution < 1.29 is 13.2 Å². The molecule has 0 radical (unpaired) electrons. The highest BCUT2D eigenvalue weighted by atomic mass is 19.4. The molecule has 0 saturated heterocycles. The van der Waals surface area contributed by atoms with E-state index in [1.165, 1.54) is 22.9 Å². The van der Waals surface area contributed by atoms with Crippen LogP contribution in [0, 0.1) is 11.3 Å². The van der Waals surface area contributed by atoms with E-state index >= 15 is 0 Å². The van der Waals surface area contributed by atoms with E-state index < -0.39 is 11.7 Å². The Hall–Kier alpha value is -3.14. The molecular weight excluding hydrogens is 305 g/mol. The zero-order valence-electron chi connectivity index (χ0n) is 11.6. The maximum Gasteiger partial charge on any atom is 0.416 e. The van der Waals surface area contributed by atoms with Crippen molar-refractivity contribution in [2.45, 2.75) is 6.18 Å². The number of benzene rings is 2. The minimum atomic E-state index is -4.50. The molecule has 0 amide bonds. The third kappa shape index (κ3) is 2.79. The average Bonchev–Trinajstić information content (AvgIpc) is 2.96. The van der Waals surface area contributed by atoms with Gasteiger partial charge in [-0.25, -0.2) is 4.68 Å². The Bertz CT molecular complexity index is 932. The van der Waals surface area contributed by atoms with Crippen LogP contribution in [0.1, 0.15) is 11.1 Å². The van der Waals surface area contributed by atoms with E-state index in [9.17, 15) is 18.4 Å². The molecule has 0 N–H and O–H groups in total. The van der Waals surface area contributed by atoms with Crippen LogP contribution >= 0.6 is 0 Å². The second-order valence-corrected chi connectivity index (χ2v) is 4.72. The first-order chi connectivity index (χ1) is 11.0. The van der Waals surface area contributed by atoms with Crippen LogP contribution in [0.25, 0.3) is 22.8 Å². The molecule has 0 fully saturated rings. The minimum absolute atomic E-state index is 0.0459. The summed E-state index contributed by atoms with van der Waals surface area (Å²) >= 11 is 0. The summed E-state index contributed by atoms with van der Waals surface area (Å²) in [7, 11) is 0. The highest BCUT2D eigenvalue weighted by molar-refractivity contribution is 5.86. The van der Waals surface area contributed by atoms with Gasteiger partial charge in [-0.2, -0.15) is 18.4 Å². The number of fused-ring (bicyclic) bond motifs is 1. The fraction of sp³-hybridized carbons (Fsp3) is 0.0625. The van der Waals surface area contributed by atoms with Crippen LogP contribution in [-0.2, 0) is 6.18 Å². The summed E-state index contributed by atoms with van der Waals surface area (Å²) in [6.07, 6.45) is -3.35. The van der Waals surface area contributed by atoms with E-state index in [2.05, 4.69) is 10.3 Å². The van der Waals surface area contributed by atoms with Gasteiger partial charge in [0.2, 0.25) is 0 Å². The smallest absolute Gasteiger partial charge is 0.202 e. The normalized spacial score (nSPS) is 12.3. The van der Waals surface area contributed by atoms with Gasteiger partial charge in [0.1, 0.15) is 17.3 Å². The van der Waals surface area contributed by atoms with Gasteiger partial charge in [-0.3, -0.25) is 0 Å². The summed E-state index contributed by atoms with van der Waals surface area (Å²) in [5.41, 5.74) is 0.145. The zero-order valence-corrected chi connectivity index (χ0v) is 11.6. The predicted molar refractivity (Wildman–Crippen MR) is 78.8 cm³/mol. The van der Waals surface area contributed by atoms with Crippen molar-refractivity contribution in [3.63, 3.8) is 0 Å². The molecule has 0 aliphatic rings. The molecule has 7 heteroatoms. The monoisotopic (exact) mass is 314 g/mol. The number of nitriles is 1. The minimum Gasteiger partial charge on any atom is -0.202 e. The van der Waals surface area contributed by atoms with Gasteiger partial charge < -0.3 is 0 Å². The van der Waals surface area contributed by atoms with Crippen molar-refractivity contribution in [2.24, 2.45) is 0 Å². The lowest BCUT2D eigenvalue weighted by atomic mass is 10.1. The summed E-state index contributed by atoms with van der Waals surface area (Å²) in [5, 5.41) is 17.1. The van der Waals surface area contributed by atoms with Crippen LogP contribution in [-0.4, -0.2) is 15.0 Å². The Morgan fingerprint density at radius 3 is 2.52 bits per heavy atom. The van der Waals surface area contributed by atoms with Crippen molar-refractivity contribution >= 4 is 22.8 Å². The number of hydrogen-bond acceptors (Lipinski definition) is 3. The van der Waals surface area contributed by atoms with Crippen LogP contribution in [0.5, 0.6) is 0 Å². The van der Waals surface area contributed by atoms with Crippen molar-refractivity contribution in [1.29, 1.82) is 5.26 Å². The van der Waals surface area contributed by atoms with Crippen LogP contribution in [0.3, 0.4) is 0 Å². The molecule has 0 aliphatic heterocycles. The Balaban J connectivity index is 2.17. The third-order valence-electron chi connectivity index (χ3n) is 3.25. The lowest BCUT2D eigenvalue weighted by molar-refractivity contribution is -0.137. The Kier molecular flexibility index (Phi) is 3.58. The summed E-state index contributed by atoms with van der Waals surface area (Å²) in [6.45, 7) is 0. The Morgan fingerprint density at radius 2 is 1.78 bits per heavy atom. The second kappa shape index (κ2) is 5.57. The van der Waals surface area contributed by atoms with Crippen LogP contribution in [0.4, 0.5) is 13.2 Å². The molecule has 0 atom stereocenters. The van der Waals surface area contributed by atoms with Gasteiger partial charge in [0, 0.05) is 0 Å². The summed E-state index contributed by atoms with van der Waals surface area (Å²) < 4.78 is 40.4. The summed E-state index contributed by atoms with van der Waals surface area (Å²) in [6, 6.07) is 13.8. The van der Waals surface area contributed by atoms with E-state index in [-0.39, 0.29) is 11.3 Å². The number of alkyl halides is 3. The van der Waals surface area contributed by atoms with Gasteiger partial charge in [-0.05, 0) is 29.8 Å². The van der Waals surface area contributed by atoms with Crippen molar-refractivity contribution in [3.8, 4) is 6.07 Å². The van der Waals surface area contributed by atoms with Crippen LogP contribution < -0.4 is 0 Å². The molecule has 23 heavy (non-hydrogen) atoms. The summed E-state index contributed by atoms with van der Waals surface area (Å²) in [4.78, 5) is 0. The van der Waals surface area contributed by atoms with Crippen molar-refractivity contribution in [3.05, 3.63) is 59.7 Å². The molecule has 3 aromatic rings. The molecule has 0 aliphatic carbocycles. The van der Waals surface area contributed by atoms with Gasteiger partial charge in [-0.1, -0.05) is 35.5 Å². The van der Waals surface area contributed by atoms with Gasteiger partial charge in [0.25, 0.3) is 0 Å². The molecule has 3 rings (SSSR count). The lowest BCUT2D eigenvalue weighted by Crippen LogP contribution is -2.07. The first-order valence-electron chi connectivity index (χ1n) is 6.59. The van der Waals surface area contributed by atoms with Crippen molar-refractivity contribution in [2.75, 3.05) is 0 Å². The fourth-order valence-electron chi connectivity index (χ4n) is 2.22. The Morgan fingerprint density at radius 1 is 1.09 bits per heavy atom. The van der Waals surface area contributed by atoms with Gasteiger partial charge in [0.15, 0.2) is 0 Å². The van der Waals surface area contributed by atoms with Gasteiger partial charge in [-0.15, -0.1) is 5.10 Å². The molecule has 0 bridgehead atoms. The van der Waals surface area contributed by atoms with Gasteiger partial charge in [0.05, 0.1) is 11.1 Å².